The van der Waals surface area contributed by atoms with Crippen molar-refractivity contribution in [2.75, 3.05) is 36.4 Å². The fraction of sp³-hybridized carbons (Fsp3) is 0.304. The maximum atomic E-state index is 13.2. The lowest BCUT2D eigenvalue weighted by molar-refractivity contribution is 0.383. The third kappa shape index (κ3) is 4.72. The molecule has 7 nitrogen and oxygen atoms in total. The number of nitrogens with one attached hydrogen (secondary N) is 1. The third-order valence-electron chi connectivity index (χ3n) is 5.55. The molecule has 3 aromatic rings. The van der Waals surface area contributed by atoms with Crippen molar-refractivity contribution in [2.45, 2.75) is 25.7 Å². The van der Waals surface area contributed by atoms with Crippen LogP contribution in [0.25, 0.3) is 0 Å². The highest BCUT2D eigenvalue weighted by molar-refractivity contribution is 7.89. The van der Waals surface area contributed by atoms with Crippen molar-refractivity contribution in [3.8, 4) is 0 Å². The Kier molecular flexibility index (Phi) is 6.37. The maximum Gasteiger partial charge on any atom is 0.243 e. The van der Waals surface area contributed by atoms with Crippen LogP contribution in [0, 0.1) is 20.8 Å². The van der Waals surface area contributed by atoms with Gasteiger partial charge in [0.05, 0.1) is 4.90 Å². The Hall–Kier alpha value is -2.68. The minimum atomic E-state index is -3.60. The Morgan fingerprint density at radius 3 is 2.31 bits per heavy atom. The van der Waals surface area contributed by atoms with Gasteiger partial charge in [-0.1, -0.05) is 35.4 Å². The van der Waals surface area contributed by atoms with E-state index in [1.54, 1.807) is 25.1 Å². The molecule has 0 saturated carbocycles. The molecule has 1 saturated heterocycles. The van der Waals surface area contributed by atoms with Gasteiger partial charge in [0, 0.05) is 43.0 Å². The van der Waals surface area contributed by atoms with Gasteiger partial charge in [-0.2, -0.15) is 4.31 Å². The second-order valence-electron chi connectivity index (χ2n) is 7.90. The van der Waals surface area contributed by atoms with Crippen LogP contribution in [0.1, 0.15) is 17.0 Å². The van der Waals surface area contributed by atoms with Crippen molar-refractivity contribution in [1.29, 1.82) is 0 Å². The van der Waals surface area contributed by atoms with E-state index in [9.17, 15) is 8.42 Å². The van der Waals surface area contributed by atoms with E-state index in [4.69, 9.17) is 11.6 Å². The number of hydrogen-bond acceptors (Lipinski definition) is 6. The first-order chi connectivity index (χ1) is 15.2. The van der Waals surface area contributed by atoms with Crippen molar-refractivity contribution in [3.05, 3.63) is 70.5 Å². The van der Waals surface area contributed by atoms with Crippen LogP contribution < -0.4 is 10.2 Å². The predicted octanol–water partition coefficient (Wildman–Crippen LogP) is 4.31. The Morgan fingerprint density at radius 2 is 1.62 bits per heavy atom. The average molecular weight is 472 g/mol. The van der Waals surface area contributed by atoms with Crippen LogP contribution in [0.4, 0.5) is 17.3 Å². The van der Waals surface area contributed by atoms with Gasteiger partial charge in [-0.05, 0) is 50.6 Å². The van der Waals surface area contributed by atoms with Crippen LogP contribution in [0.5, 0.6) is 0 Å². The number of aryl methyl sites for hydroxylation is 2. The molecule has 0 amide bonds. The highest BCUT2D eigenvalue weighted by atomic mass is 35.5. The summed E-state index contributed by atoms with van der Waals surface area (Å²) in [5.41, 5.74) is 2.72. The molecule has 0 radical (unpaired) electrons. The summed E-state index contributed by atoms with van der Waals surface area (Å²) in [5, 5.41) is 3.77. The van der Waals surface area contributed by atoms with Crippen molar-refractivity contribution in [1.82, 2.24) is 14.3 Å². The van der Waals surface area contributed by atoms with E-state index < -0.39 is 10.0 Å². The number of piperazine rings is 1. The van der Waals surface area contributed by atoms with Gasteiger partial charge in [0.25, 0.3) is 0 Å². The zero-order valence-corrected chi connectivity index (χ0v) is 19.9. The molecule has 2 heterocycles. The molecule has 168 valence electrons. The first-order valence-corrected chi connectivity index (χ1v) is 12.3. The number of halogens is 1. The summed E-state index contributed by atoms with van der Waals surface area (Å²) in [5.74, 6) is 2.14. The second-order valence-corrected chi connectivity index (χ2v) is 10.2. The highest BCUT2D eigenvalue weighted by Gasteiger charge is 2.30. The first-order valence-electron chi connectivity index (χ1n) is 10.4. The number of nitrogens with zero attached hydrogens (tertiary/aromatic N) is 4. The number of rotatable bonds is 5. The fourth-order valence-electron chi connectivity index (χ4n) is 3.73. The molecular weight excluding hydrogens is 446 g/mol. The summed E-state index contributed by atoms with van der Waals surface area (Å²) < 4.78 is 27.8. The molecule has 1 N–H and O–H groups in total. The standard InChI is InChI=1S/C23H26ClN5O2S/c1-16-7-9-19(10-8-16)27-22-15-23(26-18(3)25-22)28-11-13-29(14-12-28)32(30,31)21-6-4-5-20(24)17(21)2/h4-10,15H,11-14H2,1-3H3,(H,25,26,27). The summed E-state index contributed by atoms with van der Waals surface area (Å²) >= 11 is 6.15. The Balaban J connectivity index is 1.49. The second kappa shape index (κ2) is 9.05. The number of hydrogen-bond donors (Lipinski definition) is 1. The molecule has 4 rings (SSSR count). The molecule has 1 aliphatic heterocycles. The molecular formula is C23H26ClN5O2S. The van der Waals surface area contributed by atoms with Crippen LogP contribution in [-0.2, 0) is 10.0 Å². The zero-order chi connectivity index (χ0) is 22.9. The number of anilines is 3. The van der Waals surface area contributed by atoms with Gasteiger partial charge < -0.3 is 10.2 Å². The fourth-order valence-corrected chi connectivity index (χ4v) is 5.63. The summed E-state index contributed by atoms with van der Waals surface area (Å²) in [4.78, 5) is 11.4. The maximum absolute atomic E-state index is 13.2. The van der Waals surface area contributed by atoms with E-state index in [-0.39, 0.29) is 4.90 Å². The van der Waals surface area contributed by atoms with E-state index in [0.29, 0.717) is 48.4 Å². The molecule has 0 atom stereocenters. The van der Waals surface area contributed by atoms with Crippen molar-refractivity contribution in [2.24, 2.45) is 0 Å². The molecule has 0 bridgehead atoms. The monoisotopic (exact) mass is 471 g/mol. The van der Waals surface area contributed by atoms with Crippen molar-refractivity contribution in [3.63, 3.8) is 0 Å². The SMILES string of the molecule is Cc1ccc(Nc2cc(N3CCN(S(=O)(=O)c4cccc(Cl)c4C)CC3)nc(C)n2)cc1. The normalized spacial score (nSPS) is 15.1. The highest BCUT2D eigenvalue weighted by Crippen LogP contribution is 2.27. The number of aromatic nitrogens is 2. The lowest BCUT2D eigenvalue weighted by Gasteiger charge is -2.35. The van der Waals surface area contributed by atoms with Crippen LogP contribution in [0.15, 0.2) is 53.4 Å². The topological polar surface area (TPSA) is 78.4 Å². The van der Waals surface area contributed by atoms with Gasteiger partial charge in [-0.15, -0.1) is 0 Å². The molecule has 2 aromatic carbocycles. The first kappa shape index (κ1) is 22.5. The molecule has 1 aliphatic rings. The smallest absolute Gasteiger partial charge is 0.243 e. The molecule has 32 heavy (non-hydrogen) atoms. The number of sulfonamides is 1. The largest absolute Gasteiger partial charge is 0.354 e. The molecule has 0 aliphatic carbocycles. The number of benzene rings is 2. The molecule has 9 heteroatoms. The summed E-state index contributed by atoms with van der Waals surface area (Å²) in [6.45, 7) is 7.46. The molecule has 1 fully saturated rings. The summed E-state index contributed by atoms with van der Waals surface area (Å²) in [6.07, 6.45) is 0. The molecule has 1 aromatic heterocycles. The summed E-state index contributed by atoms with van der Waals surface area (Å²) in [6, 6.07) is 15.0. The Bertz CT molecular complexity index is 1220. The van der Waals surface area contributed by atoms with Gasteiger partial charge in [0.2, 0.25) is 10.0 Å². The average Bonchev–Trinajstić information content (AvgIpc) is 2.77. The zero-order valence-electron chi connectivity index (χ0n) is 18.3. The Morgan fingerprint density at radius 1 is 0.938 bits per heavy atom. The lowest BCUT2D eigenvalue weighted by atomic mass is 10.2. The third-order valence-corrected chi connectivity index (χ3v) is 8.00. The van der Waals surface area contributed by atoms with Crippen LogP contribution in [0.2, 0.25) is 5.02 Å². The van der Waals surface area contributed by atoms with Gasteiger partial charge in [0.1, 0.15) is 17.5 Å². The predicted molar refractivity (Wildman–Crippen MR) is 128 cm³/mol. The molecule has 0 unspecified atom stereocenters. The van der Waals surface area contributed by atoms with Crippen molar-refractivity contribution >= 4 is 38.9 Å². The van der Waals surface area contributed by atoms with E-state index in [0.717, 1.165) is 11.5 Å². The minimum Gasteiger partial charge on any atom is -0.354 e. The van der Waals surface area contributed by atoms with Crippen LogP contribution >= 0.6 is 11.6 Å². The molecule has 0 spiro atoms. The van der Waals surface area contributed by atoms with E-state index in [1.165, 1.54) is 9.87 Å². The van der Waals surface area contributed by atoms with E-state index in [2.05, 4.69) is 20.2 Å². The lowest BCUT2D eigenvalue weighted by Crippen LogP contribution is -2.49. The van der Waals surface area contributed by atoms with Crippen molar-refractivity contribution < 1.29 is 8.42 Å². The van der Waals surface area contributed by atoms with E-state index in [1.807, 2.05) is 44.2 Å². The van der Waals surface area contributed by atoms with Gasteiger partial charge >= 0.3 is 0 Å². The van der Waals surface area contributed by atoms with Gasteiger partial charge in [0.15, 0.2) is 0 Å². The van der Waals surface area contributed by atoms with Gasteiger partial charge in [-0.3, -0.25) is 0 Å². The van der Waals surface area contributed by atoms with E-state index >= 15 is 0 Å². The van der Waals surface area contributed by atoms with Crippen LogP contribution in [0.3, 0.4) is 0 Å². The minimum absolute atomic E-state index is 0.265. The quantitative estimate of drug-likeness (QED) is 0.597. The summed E-state index contributed by atoms with van der Waals surface area (Å²) in [7, 11) is -3.60. The Labute approximate surface area is 194 Å². The van der Waals surface area contributed by atoms with Crippen LogP contribution in [-0.4, -0.2) is 48.9 Å². The van der Waals surface area contributed by atoms with Gasteiger partial charge in [-0.25, -0.2) is 18.4 Å².